The second kappa shape index (κ2) is 5.31. The first-order valence-electron chi connectivity index (χ1n) is 6.25. The Bertz CT molecular complexity index is 367. The SMILES string of the molecule is Cc1ccccc1/C=C/C1CCCC(C)N1. The molecule has 1 aliphatic heterocycles. The molecule has 0 radical (unpaired) electrons. The van der Waals surface area contributed by atoms with Crippen LogP contribution in [0.25, 0.3) is 6.08 Å². The highest BCUT2D eigenvalue weighted by Crippen LogP contribution is 2.15. The summed E-state index contributed by atoms with van der Waals surface area (Å²) in [6.07, 6.45) is 8.50. The molecule has 1 heterocycles. The van der Waals surface area contributed by atoms with Crippen LogP contribution >= 0.6 is 0 Å². The van der Waals surface area contributed by atoms with Crippen LogP contribution in [0.1, 0.15) is 37.3 Å². The minimum atomic E-state index is 0.559. The molecule has 1 N–H and O–H groups in total. The normalized spacial score (nSPS) is 26.1. The average Bonchev–Trinajstić information content (AvgIpc) is 2.28. The molecule has 0 bridgehead atoms. The van der Waals surface area contributed by atoms with E-state index in [0.717, 1.165) is 0 Å². The van der Waals surface area contributed by atoms with Gasteiger partial charge in [-0.25, -0.2) is 0 Å². The van der Waals surface area contributed by atoms with Crippen molar-refractivity contribution in [2.75, 3.05) is 0 Å². The van der Waals surface area contributed by atoms with Crippen LogP contribution in [-0.4, -0.2) is 12.1 Å². The number of piperidine rings is 1. The molecule has 1 fully saturated rings. The summed E-state index contributed by atoms with van der Waals surface area (Å²) in [5, 5.41) is 3.62. The summed E-state index contributed by atoms with van der Waals surface area (Å²) in [5.74, 6) is 0. The molecule has 1 aromatic carbocycles. The number of aryl methyl sites for hydroxylation is 1. The highest BCUT2D eigenvalue weighted by Gasteiger charge is 2.14. The Morgan fingerprint density at radius 3 is 2.81 bits per heavy atom. The van der Waals surface area contributed by atoms with Gasteiger partial charge in [0.15, 0.2) is 0 Å². The predicted octanol–water partition coefficient (Wildman–Crippen LogP) is 3.54. The van der Waals surface area contributed by atoms with Gasteiger partial charge in [-0.1, -0.05) is 42.8 Å². The summed E-state index contributed by atoms with van der Waals surface area (Å²) < 4.78 is 0. The third kappa shape index (κ3) is 2.96. The minimum Gasteiger partial charge on any atom is -0.308 e. The molecule has 86 valence electrons. The van der Waals surface area contributed by atoms with Crippen LogP contribution in [0.5, 0.6) is 0 Å². The first-order valence-corrected chi connectivity index (χ1v) is 6.25. The van der Waals surface area contributed by atoms with Gasteiger partial charge in [-0.15, -0.1) is 0 Å². The molecule has 0 aromatic heterocycles. The van der Waals surface area contributed by atoms with E-state index in [0.29, 0.717) is 12.1 Å². The fourth-order valence-electron chi connectivity index (χ4n) is 2.32. The van der Waals surface area contributed by atoms with Crippen LogP contribution in [0.2, 0.25) is 0 Å². The van der Waals surface area contributed by atoms with E-state index in [1.54, 1.807) is 0 Å². The van der Waals surface area contributed by atoms with Crippen LogP contribution in [0.15, 0.2) is 30.3 Å². The first kappa shape index (κ1) is 11.4. The van der Waals surface area contributed by atoms with Gasteiger partial charge in [0.1, 0.15) is 0 Å². The quantitative estimate of drug-likeness (QED) is 0.795. The van der Waals surface area contributed by atoms with Gasteiger partial charge in [0.05, 0.1) is 0 Å². The zero-order valence-corrected chi connectivity index (χ0v) is 10.2. The Labute approximate surface area is 98.6 Å². The lowest BCUT2D eigenvalue weighted by atomic mass is 9.98. The van der Waals surface area contributed by atoms with Crippen LogP contribution in [0.4, 0.5) is 0 Å². The molecule has 1 aromatic rings. The second-order valence-electron chi connectivity index (χ2n) is 4.82. The predicted molar refractivity (Wildman–Crippen MR) is 70.4 cm³/mol. The summed E-state index contributed by atoms with van der Waals surface area (Å²) in [5.41, 5.74) is 2.69. The maximum absolute atomic E-state index is 3.62. The third-order valence-electron chi connectivity index (χ3n) is 3.35. The van der Waals surface area contributed by atoms with Crippen molar-refractivity contribution in [3.63, 3.8) is 0 Å². The monoisotopic (exact) mass is 215 g/mol. The summed E-state index contributed by atoms with van der Waals surface area (Å²) in [4.78, 5) is 0. The van der Waals surface area contributed by atoms with E-state index in [1.165, 1.54) is 30.4 Å². The molecule has 1 saturated heterocycles. The van der Waals surface area contributed by atoms with E-state index in [9.17, 15) is 0 Å². The van der Waals surface area contributed by atoms with Gasteiger partial charge in [0.2, 0.25) is 0 Å². The van der Waals surface area contributed by atoms with E-state index in [-0.39, 0.29) is 0 Å². The van der Waals surface area contributed by atoms with Crippen molar-refractivity contribution < 1.29 is 0 Å². The summed E-state index contributed by atoms with van der Waals surface area (Å²) in [6.45, 7) is 4.43. The van der Waals surface area contributed by atoms with Gasteiger partial charge >= 0.3 is 0 Å². The van der Waals surface area contributed by atoms with Crippen molar-refractivity contribution in [1.29, 1.82) is 0 Å². The number of rotatable bonds is 2. The molecule has 2 rings (SSSR count). The Hall–Kier alpha value is -1.08. The van der Waals surface area contributed by atoms with Gasteiger partial charge < -0.3 is 5.32 Å². The number of nitrogens with one attached hydrogen (secondary N) is 1. The molecule has 1 aliphatic rings. The molecule has 1 nitrogen and oxygen atoms in total. The lowest BCUT2D eigenvalue weighted by Crippen LogP contribution is -2.39. The van der Waals surface area contributed by atoms with Crippen molar-refractivity contribution >= 4 is 6.08 Å². The van der Waals surface area contributed by atoms with Gasteiger partial charge in [0.25, 0.3) is 0 Å². The maximum atomic E-state index is 3.62. The third-order valence-corrected chi connectivity index (χ3v) is 3.35. The molecule has 0 amide bonds. The Kier molecular flexibility index (Phi) is 3.79. The molecular formula is C15H21N. The fraction of sp³-hybridized carbons (Fsp3) is 0.467. The molecule has 2 unspecified atom stereocenters. The van der Waals surface area contributed by atoms with Crippen LogP contribution in [-0.2, 0) is 0 Å². The second-order valence-corrected chi connectivity index (χ2v) is 4.82. The standard InChI is InChI=1S/C15H21N/c1-12-6-3-4-8-14(12)10-11-15-9-5-7-13(2)16-15/h3-4,6,8,10-11,13,15-16H,5,7,9H2,1-2H3/b11-10+. The topological polar surface area (TPSA) is 12.0 Å². The van der Waals surface area contributed by atoms with Crippen LogP contribution in [0, 0.1) is 6.92 Å². The highest BCUT2D eigenvalue weighted by molar-refractivity contribution is 5.53. The highest BCUT2D eigenvalue weighted by atomic mass is 14.9. The summed E-state index contributed by atoms with van der Waals surface area (Å²) in [6, 6.07) is 9.76. The minimum absolute atomic E-state index is 0.559. The maximum Gasteiger partial charge on any atom is 0.0255 e. The zero-order valence-electron chi connectivity index (χ0n) is 10.2. The van der Waals surface area contributed by atoms with E-state index >= 15 is 0 Å². The summed E-state index contributed by atoms with van der Waals surface area (Å²) >= 11 is 0. The molecule has 0 saturated carbocycles. The molecule has 0 aliphatic carbocycles. The smallest absolute Gasteiger partial charge is 0.0255 e. The molecular weight excluding hydrogens is 194 g/mol. The van der Waals surface area contributed by atoms with Gasteiger partial charge in [-0.2, -0.15) is 0 Å². The molecule has 0 spiro atoms. The van der Waals surface area contributed by atoms with E-state index in [1.807, 2.05) is 0 Å². The van der Waals surface area contributed by atoms with Crippen molar-refractivity contribution in [2.24, 2.45) is 0 Å². The number of benzene rings is 1. The van der Waals surface area contributed by atoms with E-state index in [2.05, 4.69) is 55.6 Å². The molecule has 1 heteroatoms. The van der Waals surface area contributed by atoms with E-state index < -0.39 is 0 Å². The van der Waals surface area contributed by atoms with Crippen molar-refractivity contribution in [2.45, 2.75) is 45.2 Å². The zero-order chi connectivity index (χ0) is 11.4. The average molecular weight is 215 g/mol. The number of hydrogen-bond acceptors (Lipinski definition) is 1. The fourth-order valence-corrected chi connectivity index (χ4v) is 2.32. The van der Waals surface area contributed by atoms with Crippen LogP contribution < -0.4 is 5.32 Å². The Balaban J connectivity index is 2.01. The van der Waals surface area contributed by atoms with Gasteiger partial charge in [0, 0.05) is 12.1 Å². The number of hydrogen-bond donors (Lipinski definition) is 1. The van der Waals surface area contributed by atoms with Crippen molar-refractivity contribution in [3.05, 3.63) is 41.5 Å². The summed E-state index contributed by atoms with van der Waals surface area (Å²) in [7, 11) is 0. The lowest BCUT2D eigenvalue weighted by Gasteiger charge is -2.26. The van der Waals surface area contributed by atoms with Crippen molar-refractivity contribution in [1.82, 2.24) is 5.32 Å². The lowest BCUT2D eigenvalue weighted by molar-refractivity contribution is 0.375. The first-order chi connectivity index (χ1) is 7.75. The van der Waals surface area contributed by atoms with Crippen LogP contribution in [0.3, 0.4) is 0 Å². The van der Waals surface area contributed by atoms with Gasteiger partial charge in [-0.05, 0) is 37.8 Å². The van der Waals surface area contributed by atoms with E-state index in [4.69, 9.17) is 0 Å². The molecule has 2 atom stereocenters. The Morgan fingerprint density at radius 2 is 2.06 bits per heavy atom. The Morgan fingerprint density at radius 1 is 1.25 bits per heavy atom. The molecule has 16 heavy (non-hydrogen) atoms. The van der Waals surface area contributed by atoms with Gasteiger partial charge in [-0.3, -0.25) is 0 Å². The largest absolute Gasteiger partial charge is 0.308 e. The van der Waals surface area contributed by atoms with Crippen molar-refractivity contribution in [3.8, 4) is 0 Å².